The van der Waals surface area contributed by atoms with Crippen LogP contribution in [-0.2, 0) is 0 Å². The van der Waals surface area contributed by atoms with Crippen LogP contribution in [0.15, 0.2) is 29.2 Å². The standard InChI is InChI=1S/C18H22SSi/c1-11-7-13(3)17(14(4)8-11)19-20-18-15(5)9-12(2)10-16(18)6/h7-10H,1-6H3. The molecule has 0 nitrogen and oxygen atoms in total. The summed E-state index contributed by atoms with van der Waals surface area (Å²) in [5.41, 5.74) is 8.38. The van der Waals surface area contributed by atoms with Gasteiger partial charge >= 0.3 is 0 Å². The van der Waals surface area contributed by atoms with Gasteiger partial charge in [0.2, 0.25) is 0 Å². The molecule has 2 rings (SSSR count). The zero-order chi connectivity index (χ0) is 14.9. The third-order valence-electron chi connectivity index (χ3n) is 3.54. The molecule has 0 aromatic heterocycles. The molecule has 0 heterocycles. The summed E-state index contributed by atoms with van der Waals surface area (Å²) in [5.74, 6) is 0. The molecule has 0 bridgehead atoms. The first kappa shape index (κ1) is 15.3. The van der Waals surface area contributed by atoms with Crippen LogP contribution in [0.25, 0.3) is 0 Å². The van der Waals surface area contributed by atoms with Crippen LogP contribution < -0.4 is 5.19 Å². The molecule has 0 aliphatic heterocycles. The summed E-state index contributed by atoms with van der Waals surface area (Å²) in [7, 11) is 2.78. The molecule has 104 valence electrons. The minimum absolute atomic E-state index is 0.782. The van der Waals surface area contributed by atoms with E-state index in [0.29, 0.717) is 0 Å². The lowest BCUT2D eigenvalue weighted by Gasteiger charge is -2.07. The summed E-state index contributed by atoms with van der Waals surface area (Å²) < 4.78 is 0. The zero-order valence-electron chi connectivity index (χ0n) is 13.2. The van der Waals surface area contributed by atoms with E-state index in [4.69, 9.17) is 0 Å². The van der Waals surface area contributed by atoms with E-state index in [1.165, 1.54) is 43.5 Å². The van der Waals surface area contributed by atoms with E-state index in [0.717, 1.165) is 8.02 Å². The maximum absolute atomic E-state index is 2.30. The van der Waals surface area contributed by atoms with E-state index in [9.17, 15) is 0 Å². The molecular formula is C18H22SSi. The van der Waals surface area contributed by atoms with E-state index in [1.54, 1.807) is 0 Å². The Bertz CT molecular complexity index is 625. The minimum atomic E-state index is 0.782. The first-order chi connectivity index (χ1) is 9.38. The Kier molecular flexibility index (Phi) is 4.66. The highest BCUT2D eigenvalue weighted by Gasteiger charge is 2.03. The highest BCUT2D eigenvalue weighted by Crippen LogP contribution is 2.21. The highest BCUT2D eigenvalue weighted by atomic mass is 32.2. The molecule has 0 radical (unpaired) electrons. The predicted molar refractivity (Wildman–Crippen MR) is 92.6 cm³/mol. The number of aryl methyl sites for hydroxylation is 6. The molecule has 2 heteroatoms. The largest absolute Gasteiger partial charge is 0.135 e. The van der Waals surface area contributed by atoms with Gasteiger partial charge in [0.15, 0.2) is 0 Å². The van der Waals surface area contributed by atoms with Crippen molar-refractivity contribution in [3.63, 3.8) is 0 Å². The highest BCUT2D eigenvalue weighted by molar-refractivity contribution is 7.97. The maximum atomic E-state index is 2.30. The predicted octanol–water partition coefficient (Wildman–Crippen LogP) is 4.57. The smallest absolute Gasteiger partial charge is 0.0466 e. The van der Waals surface area contributed by atoms with Crippen molar-refractivity contribution in [3.05, 3.63) is 57.6 Å². The summed E-state index contributed by atoms with van der Waals surface area (Å²) in [6.07, 6.45) is 0. The fourth-order valence-corrected chi connectivity index (χ4v) is 6.43. The molecule has 0 amide bonds. The molecule has 0 aliphatic rings. The molecule has 2 aromatic carbocycles. The number of hydrogen-bond donors (Lipinski definition) is 0. The van der Waals surface area contributed by atoms with Gasteiger partial charge in [0.1, 0.15) is 0 Å². The van der Waals surface area contributed by atoms with Crippen molar-refractivity contribution in [1.29, 1.82) is 0 Å². The third kappa shape index (κ3) is 3.31. The van der Waals surface area contributed by atoms with Crippen molar-refractivity contribution < 1.29 is 0 Å². The molecule has 0 saturated carbocycles. The molecule has 0 unspecified atom stereocenters. The van der Waals surface area contributed by atoms with Gasteiger partial charge in [-0.05, 0) is 63.8 Å². The molecule has 2 aromatic rings. The lowest BCUT2D eigenvalue weighted by molar-refractivity contribution is 1.20. The molecule has 20 heavy (non-hydrogen) atoms. The Hall–Kier alpha value is -1.12. The fourth-order valence-electron chi connectivity index (χ4n) is 2.77. The lowest BCUT2D eigenvalue weighted by Crippen LogP contribution is -2.13. The second-order valence-corrected chi connectivity index (χ2v) is 8.25. The van der Waals surface area contributed by atoms with Crippen molar-refractivity contribution in [3.8, 4) is 0 Å². The van der Waals surface area contributed by atoms with Crippen LogP contribution in [0.2, 0.25) is 0 Å². The van der Waals surface area contributed by atoms with E-state index in [-0.39, 0.29) is 0 Å². The molecule has 0 saturated heterocycles. The summed E-state index contributed by atoms with van der Waals surface area (Å²) in [4.78, 5) is 1.45. The van der Waals surface area contributed by atoms with Crippen LogP contribution in [0.3, 0.4) is 0 Å². The SMILES string of the molecule is Cc1cc(C)c([Si]#Sc2c(C)cc(C)cc2C)c(C)c1. The van der Waals surface area contributed by atoms with Gasteiger partial charge in [-0.1, -0.05) is 35.4 Å². The molecule has 0 aliphatic carbocycles. The van der Waals surface area contributed by atoms with Crippen LogP contribution in [0.4, 0.5) is 0 Å². The Morgan fingerprint density at radius 3 is 1.50 bits per heavy atom. The molecular weight excluding hydrogens is 276 g/mol. The topological polar surface area (TPSA) is 0 Å². The summed E-state index contributed by atoms with van der Waals surface area (Å²) in [5, 5.41) is 1.51. The van der Waals surface area contributed by atoms with Crippen LogP contribution >= 0.6 is 10.6 Å². The van der Waals surface area contributed by atoms with E-state index in [2.05, 4.69) is 65.8 Å². The van der Waals surface area contributed by atoms with Crippen molar-refractivity contribution in [2.45, 2.75) is 46.4 Å². The van der Waals surface area contributed by atoms with Gasteiger partial charge in [0.05, 0.1) is 0 Å². The van der Waals surface area contributed by atoms with Gasteiger partial charge in [0.25, 0.3) is 0 Å². The molecule has 0 spiro atoms. The zero-order valence-corrected chi connectivity index (χ0v) is 15.0. The maximum Gasteiger partial charge on any atom is 0.0466 e. The second kappa shape index (κ2) is 6.11. The van der Waals surface area contributed by atoms with E-state index >= 15 is 0 Å². The minimum Gasteiger partial charge on any atom is -0.135 e. The van der Waals surface area contributed by atoms with Gasteiger partial charge in [-0.15, -0.1) is 10.6 Å². The average Bonchev–Trinajstić information content (AvgIpc) is 2.30. The first-order valence-electron chi connectivity index (χ1n) is 6.97. The van der Waals surface area contributed by atoms with Gasteiger partial charge < -0.3 is 0 Å². The Morgan fingerprint density at radius 1 is 0.650 bits per heavy atom. The Labute approximate surface area is 128 Å². The Morgan fingerprint density at radius 2 is 1.05 bits per heavy atom. The average molecular weight is 299 g/mol. The number of rotatable bonds is 0. The quantitative estimate of drug-likeness (QED) is 0.625. The van der Waals surface area contributed by atoms with Crippen LogP contribution in [0, 0.1) is 41.5 Å². The molecule has 0 fully saturated rings. The third-order valence-corrected chi connectivity index (χ3v) is 7.01. The van der Waals surface area contributed by atoms with Gasteiger partial charge in [0, 0.05) is 18.1 Å². The van der Waals surface area contributed by atoms with Crippen LogP contribution in [0.5, 0.6) is 0 Å². The Balaban J connectivity index is 2.52. The van der Waals surface area contributed by atoms with Gasteiger partial charge in [-0.25, -0.2) is 0 Å². The van der Waals surface area contributed by atoms with Crippen molar-refractivity contribution in [2.75, 3.05) is 0 Å². The monoisotopic (exact) mass is 298 g/mol. The first-order valence-corrected chi connectivity index (χ1v) is 9.51. The van der Waals surface area contributed by atoms with Gasteiger partial charge in [-0.3, -0.25) is 0 Å². The van der Waals surface area contributed by atoms with E-state index < -0.39 is 0 Å². The second-order valence-electron chi connectivity index (χ2n) is 5.71. The summed E-state index contributed by atoms with van der Waals surface area (Å²) >= 11 is 0. The lowest BCUT2D eigenvalue weighted by atomic mass is 10.1. The van der Waals surface area contributed by atoms with Crippen LogP contribution in [-0.4, -0.2) is 8.02 Å². The summed E-state index contributed by atoms with van der Waals surface area (Å²) in [6, 6.07) is 9.17. The van der Waals surface area contributed by atoms with Gasteiger partial charge in [-0.2, -0.15) is 0 Å². The molecule has 0 atom stereocenters. The normalized spacial score (nSPS) is 10.3. The number of hydrogen-bond acceptors (Lipinski definition) is 0. The molecule has 0 N–H and O–H groups in total. The number of benzene rings is 2. The van der Waals surface area contributed by atoms with Crippen LogP contribution in [0.1, 0.15) is 33.4 Å². The van der Waals surface area contributed by atoms with E-state index in [1.807, 2.05) is 10.6 Å². The van der Waals surface area contributed by atoms with Crippen molar-refractivity contribution >= 4 is 23.8 Å². The summed E-state index contributed by atoms with van der Waals surface area (Å²) in [6.45, 7) is 13.3. The fraction of sp³-hybridized carbons (Fsp3) is 0.333. The van der Waals surface area contributed by atoms with Crippen molar-refractivity contribution in [1.82, 2.24) is 0 Å². The van der Waals surface area contributed by atoms with Crippen molar-refractivity contribution in [2.24, 2.45) is 0 Å².